The average Bonchev–Trinajstić information content (AvgIpc) is 3.07. The molecule has 1 N–H and O–H groups in total. The number of nitrogens with one attached hydrogen (secondary N) is 1. The topological polar surface area (TPSA) is 52.7 Å². The van der Waals surface area contributed by atoms with Gasteiger partial charge in [0.25, 0.3) is 0 Å². The van der Waals surface area contributed by atoms with Crippen molar-refractivity contribution >= 4 is 11.8 Å². The second kappa shape index (κ2) is 9.91. The van der Waals surface area contributed by atoms with Crippen molar-refractivity contribution in [3.05, 3.63) is 0 Å². The molecule has 2 fully saturated rings. The quantitative estimate of drug-likeness (QED) is 0.695. The zero-order chi connectivity index (χ0) is 16.5. The Hall–Kier alpha value is -1.10. The molecule has 2 rings (SSSR count). The van der Waals surface area contributed by atoms with Gasteiger partial charge < -0.3 is 10.2 Å². The molecule has 1 saturated heterocycles. The molecule has 1 heterocycles. The maximum atomic E-state index is 12.3. The largest absolute Gasteiger partial charge is 0.355 e. The van der Waals surface area contributed by atoms with Gasteiger partial charge in [-0.15, -0.1) is 0 Å². The standard InChI is InChI=1S/C18H33N3O2/c1-2-3-10-19-17(22)15-20-11-13-21(14-12-20)18(23)9-8-16-6-4-5-7-16/h16H,2-15H2,1H3,(H,19,22). The molecular weight excluding hydrogens is 290 g/mol. The fourth-order valence-corrected chi connectivity index (χ4v) is 3.60. The number of rotatable bonds is 8. The highest BCUT2D eigenvalue weighted by molar-refractivity contribution is 5.78. The molecule has 1 aliphatic heterocycles. The number of carbonyl (C=O) groups excluding carboxylic acids is 2. The van der Waals surface area contributed by atoms with Crippen molar-refractivity contribution in [2.75, 3.05) is 39.3 Å². The fourth-order valence-electron chi connectivity index (χ4n) is 3.60. The molecule has 0 radical (unpaired) electrons. The van der Waals surface area contributed by atoms with Gasteiger partial charge in [-0.2, -0.15) is 0 Å². The molecular formula is C18H33N3O2. The zero-order valence-electron chi connectivity index (χ0n) is 14.7. The molecule has 1 saturated carbocycles. The lowest BCUT2D eigenvalue weighted by Crippen LogP contribution is -2.51. The van der Waals surface area contributed by atoms with Crippen molar-refractivity contribution in [3.8, 4) is 0 Å². The molecule has 2 amide bonds. The van der Waals surface area contributed by atoms with Crippen LogP contribution in [0.5, 0.6) is 0 Å². The predicted octanol–water partition coefficient (Wildman–Crippen LogP) is 2.02. The van der Waals surface area contributed by atoms with Crippen molar-refractivity contribution in [2.24, 2.45) is 5.92 Å². The number of unbranched alkanes of at least 4 members (excludes halogenated alkanes) is 1. The second-order valence-electron chi connectivity index (χ2n) is 7.05. The van der Waals surface area contributed by atoms with E-state index in [1.54, 1.807) is 0 Å². The Morgan fingerprint density at radius 3 is 2.43 bits per heavy atom. The smallest absolute Gasteiger partial charge is 0.234 e. The molecule has 0 aromatic carbocycles. The van der Waals surface area contributed by atoms with Gasteiger partial charge in [0.1, 0.15) is 0 Å². The van der Waals surface area contributed by atoms with E-state index in [9.17, 15) is 9.59 Å². The van der Waals surface area contributed by atoms with Crippen LogP contribution in [0.3, 0.4) is 0 Å². The number of nitrogens with zero attached hydrogens (tertiary/aromatic N) is 2. The van der Waals surface area contributed by atoms with Crippen molar-refractivity contribution in [1.29, 1.82) is 0 Å². The second-order valence-corrected chi connectivity index (χ2v) is 7.05. The van der Waals surface area contributed by atoms with Crippen molar-refractivity contribution in [1.82, 2.24) is 15.1 Å². The summed E-state index contributed by atoms with van der Waals surface area (Å²) in [4.78, 5) is 28.2. The lowest BCUT2D eigenvalue weighted by Gasteiger charge is -2.34. The summed E-state index contributed by atoms with van der Waals surface area (Å²) in [5.74, 6) is 1.20. The molecule has 5 heteroatoms. The van der Waals surface area contributed by atoms with Crippen LogP contribution in [0.4, 0.5) is 0 Å². The molecule has 0 aromatic heterocycles. The normalized spacial score (nSPS) is 20.0. The number of amides is 2. The van der Waals surface area contributed by atoms with Crippen LogP contribution in [0.2, 0.25) is 0 Å². The van der Waals surface area contributed by atoms with Crippen LogP contribution in [0.25, 0.3) is 0 Å². The Labute approximate surface area is 140 Å². The van der Waals surface area contributed by atoms with Crippen LogP contribution >= 0.6 is 0 Å². The first-order valence-electron chi connectivity index (χ1n) is 9.46. The number of hydrogen-bond donors (Lipinski definition) is 1. The summed E-state index contributed by atoms with van der Waals surface area (Å²) in [6.45, 7) is 6.53. The van der Waals surface area contributed by atoms with E-state index in [4.69, 9.17) is 0 Å². The molecule has 132 valence electrons. The van der Waals surface area contributed by atoms with Crippen LogP contribution in [-0.4, -0.2) is 60.9 Å². The minimum Gasteiger partial charge on any atom is -0.355 e. The van der Waals surface area contributed by atoms with Crippen molar-refractivity contribution in [2.45, 2.75) is 58.3 Å². The highest BCUT2D eigenvalue weighted by Crippen LogP contribution is 2.28. The van der Waals surface area contributed by atoms with Gasteiger partial charge in [-0.25, -0.2) is 0 Å². The lowest BCUT2D eigenvalue weighted by molar-refractivity contribution is -0.133. The Balaban J connectivity index is 1.59. The van der Waals surface area contributed by atoms with Crippen LogP contribution in [-0.2, 0) is 9.59 Å². The third-order valence-corrected chi connectivity index (χ3v) is 5.19. The minimum absolute atomic E-state index is 0.111. The maximum absolute atomic E-state index is 12.3. The van der Waals surface area contributed by atoms with Gasteiger partial charge in [0, 0.05) is 39.1 Å². The zero-order valence-corrected chi connectivity index (χ0v) is 14.7. The molecule has 1 aliphatic carbocycles. The van der Waals surface area contributed by atoms with E-state index >= 15 is 0 Å². The van der Waals surface area contributed by atoms with E-state index in [1.165, 1.54) is 25.7 Å². The van der Waals surface area contributed by atoms with Crippen molar-refractivity contribution in [3.63, 3.8) is 0 Å². The first-order chi connectivity index (χ1) is 11.2. The van der Waals surface area contributed by atoms with E-state index in [0.717, 1.165) is 57.9 Å². The van der Waals surface area contributed by atoms with Gasteiger partial charge in [0.2, 0.25) is 11.8 Å². The van der Waals surface area contributed by atoms with E-state index in [1.807, 2.05) is 4.90 Å². The van der Waals surface area contributed by atoms with Gasteiger partial charge >= 0.3 is 0 Å². The maximum Gasteiger partial charge on any atom is 0.234 e. The average molecular weight is 323 g/mol. The number of carbonyl (C=O) groups is 2. The van der Waals surface area contributed by atoms with Crippen molar-refractivity contribution < 1.29 is 9.59 Å². The molecule has 23 heavy (non-hydrogen) atoms. The summed E-state index contributed by atoms with van der Waals surface area (Å²) in [6.07, 6.45) is 9.23. The lowest BCUT2D eigenvalue weighted by atomic mass is 10.0. The van der Waals surface area contributed by atoms with Crippen LogP contribution in [0, 0.1) is 5.92 Å². The SMILES string of the molecule is CCCCNC(=O)CN1CCN(C(=O)CCC2CCCC2)CC1. The first-order valence-corrected chi connectivity index (χ1v) is 9.46. The monoisotopic (exact) mass is 323 g/mol. The molecule has 0 bridgehead atoms. The molecule has 2 aliphatic rings. The molecule has 0 unspecified atom stereocenters. The van der Waals surface area contributed by atoms with Crippen LogP contribution < -0.4 is 5.32 Å². The van der Waals surface area contributed by atoms with Crippen LogP contribution in [0.15, 0.2) is 0 Å². The number of piperazine rings is 1. The summed E-state index contributed by atoms with van der Waals surface area (Å²) < 4.78 is 0. The number of hydrogen-bond acceptors (Lipinski definition) is 3. The van der Waals surface area contributed by atoms with E-state index in [0.29, 0.717) is 18.9 Å². The van der Waals surface area contributed by atoms with E-state index < -0.39 is 0 Å². The Morgan fingerprint density at radius 2 is 1.78 bits per heavy atom. The van der Waals surface area contributed by atoms with E-state index in [-0.39, 0.29) is 5.91 Å². The van der Waals surface area contributed by atoms with Gasteiger partial charge in [0.15, 0.2) is 0 Å². The van der Waals surface area contributed by atoms with Gasteiger partial charge in [-0.05, 0) is 18.8 Å². The first kappa shape index (κ1) is 18.2. The third-order valence-electron chi connectivity index (χ3n) is 5.19. The molecule has 0 spiro atoms. The Kier molecular flexibility index (Phi) is 7.86. The Bertz CT molecular complexity index is 372. The third kappa shape index (κ3) is 6.50. The molecule has 0 aromatic rings. The van der Waals surface area contributed by atoms with Crippen LogP contribution in [0.1, 0.15) is 58.3 Å². The van der Waals surface area contributed by atoms with Gasteiger partial charge in [0.05, 0.1) is 6.54 Å². The van der Waals surface area contributed by atoms with E-state index in [2.05, 4.69) is 17.1 Å². The predicted molar refractivity (Wildman–Crippen MR) is 92.1 cm³/mol. The summed E-state index contributed by atoms with van der Waals surface area (Å²) in [5, 5.41) is 2.96. The summed E-state index contributed by atoms with van der Waals surface area (Å²) in [6, 6.07) is 0. The van der Waals surface area contributed by atoms with Gasteiger partial charge in [-0.3, -0.25) is 14.5 Å². The highest BCUT2D eigenvalue weighted by Gasteiger charge is 2.23. The summed E-state index contributed by atoms with van der Waals surface area (Å²) in [5.41, 5.74) is 0. The Morgan fingerprint density at radius 1 is 1.09 bits per heavy atom. The van der Waals surface area contributed by atoms with Gasteiger partial charge in [-0.1, -0.05) is 39.0 Å². The summed E-state index contributed by atoms with van der Waals surface area (Å²) in [7, 11) is 0. The fraction of sp³-hybridized carbons (Fsp3) is 0.889. The molecule has 0 atom stereocenters. The highest BCUT2D eigenvalue weighted by atomic mass is 16.2. The molecule has 5 nitrogen and oxygen atoms in total. The summed E-state index contributed by atoms with van der Waals surface area (Å²) >= 11 is 0. The minimum atomic E-state index is 0.111.